The van der Waals surface area contributed by atoms with E-state index >= 15 is 0 Å². The molecule has 0 bridgehead atoms. The van der Waals surface area contributed by atoms with Crippen molar-refractivity contribution in [2.75, 3.05) is 25.7 Å². The number of methoxy groups -OCH3 is 2. The molecular weight excluding hydrogens is 466 g/mol. The largest absolute Gasteiger partial charge is 0.497 e. The summed E-state index contributed by atoms with van der Waals surface area (Å²) < 4.78 is 18.0. The summed E-state index contributed by atoms with van der Waals surface area (Å²) in [7, 11) is 3.32. The quantitative estimate of drug-likeness (QED) is 0.565. The summed E-state index contributed by atoms with van der Waals surface area (Å²) in [5.74, 6) is 1.29. The molecule has 1 fully saturated rings. The first-order chi connectivity index (χ1) is 17.4. The molecule has 3 heterocycles. The Morgan fingerprint density at radius 2 is 1.73 bits per heavy atom. The third-order valence-electron chi connectivity index (χ3n) is 9.03. The molecule has 0 radical (unpaired) electrons. The molecule has 2 aromatic carbocycles. The predicted octanol–water partition coefficient (Wildman–Crippen LogP) is 5.45. The molecule has 0 aliphatic carbocycles. The van der Waals surface area contributed by atoms with E-state index in [0.29, 0.717) is 12.2 Å². The molecule has 6 heteroatoms. The summed E-state index contributed by atoms with van der Waals surface area (Å²) in [5.41, 5.74) is 3.06. The van der Waals surface area contributed by atoms with E-state index < -0.39 is 11.1 Å². The fraction of sp³-hybridized carbons (Fsp3) is 0.516. The Bertz CT molecular complexity index is 1260. The second kappa shape index (κ2) is 8.60. The van der Waals surface area contributed by atoms with Crippen molar-refractivity contribution >= 4 is 17.2 Å². The van der Waals surface area contributed by atoms with Crippen LogP contribution in [-0.2, 0) is 20.5 Å². The maximum absolute atomic E-state index is 14.6. The lowest BCUT2D eigenvalue weighted by atomic mass is 9.63. The van der Waals surface area contributed by atoms with Gasteiger partial charge in [-0.1, -0.05) is 39.0 Å². The van der Waals surface area contributed by atoms with E-state index in [4.69, 9.17) is 14.2 Å². The standard InChI is InChI=1S/C31H39NO5/c1-18-17-29(3,4)32-27-23(18)15-22(36-8)16-24(27)31(28(32)34)19(2)26(25(37-31)13-14-33)30(5,6)20-9-11-21(35-7)12-10-20/h9-12,15-17,19,25-26,33H,13-14H2,1-8H3/t19-,25+,26-,31+/m1/s1. The van der Waals surface area contributed by atoms with Gasteiger partial charge in [-0.05, 0) is 68.0 Å². The summed E-state index contributed by atoms with van der Waals surface area (Å²) in [6.45, 7) is 12.8. The molecule has 198 valence electrons. The SMILES string of the molecule is COc1ccc(C(C)(C)[C@H]2[C@H](CCO)O[C@@]3(C(=O)N4c5c(cc(OC)cc53)C(C)=CC4(C)C)[C@@H]2C)cc1. The minimum Gasteiger partial charge on any atom is -0.497 e. The summed E-state index contributed by atoms with van der Waals surface area (Å²) in [4.78, 5) is 16.6. The van der Waals surface area contributed by atoms with Crippen LogP contribution in [0.25, 0.3) is 5.57 Å². The number of allylic oxidation sites excluding steroid dienone is 1. The van der Waals surface area contributed by atoms with Gasteiger partial charge in [0, 0.05) is 29.6 Å². The Kier molecular flexibility index (Phi) is 6.00. The number of ether oxygens (including phenoxy) is 3. The lowest BCUT2D eigenvalue weighted by Gasteiger charge is -2.40. The minimum atomic E-state index is -1.16. The van der Waals surface area contributed by atoms with Gasteiger partial charge in [0.15, 0.2) is 5.60 Å². The number of hydrogen-bond acceptors (Lipinski definition) is 5. The number of anilines is 1. The van der Waals surface area contributed by atoms with Crippen LogP contribution in [0.2, 0.25) is 0 Å². The Labute approximate surface area is 220 Å². The molecule has 0 unspecified atom stereocenters. The van der Waals surface area contributed by atoms with Crippen LogP contribution in [-0.4, -0.2) is 43.5 Å². The number of rotatable bonds is 6. The van der Waals surface area contributed by atoms with Crippen LogP contribution in [0.4, 0.5) is 5.69 Å². The molecule has 1 amide bonds. The number of nitrogens with zero attached hydrogens (tertiary/aromatic N) is 1. The van der Waals surface area contributed by atoms with E-state index in [0.717, 1.165) is 33.7 Å². The molecule has 0 aromatic heterocycles. The van der Waals surface area contributed by atoms with Crippen LogP contribution >= 0.6 is 0 Å². The van der Waals surface area contributed by atoms with Crippen LogP contribution in [0.5, 0.6) is 11.5 Å². The normalized spacial score (nSPS) is 27.9. The topological polar surface area (TPSA) is 68.2 Å². The second-order valence-electron chi connectivity index (χ2n) is 11.9. The molecule has 1 saturated heterocycles. The van der Waals surface area contributed by atoms with Crippen LogP contribution in [0.3, 0.4) is 0 Å². The molecular formula is C31H39NO5. The van der Waals surface area contributed by atoms with Crippen molar-refractivity contribution in [3.8, 4) is 11.5 Å². The van der Waals surface area contributed by atoms with Gasteiger partial charge >= 0.3 is 0 Å². The number of aliphatic hydroxyl groups is 1. The molecule has 37 heavy (non-hydrogen) atoms. The van der Waals surface area contributed by atoms with Gasteiger partial charge in [-0.15, -0.1) is 0 Å². The summed E-state index contributed by atoms with van der Waals surface area (Å²) in [6.07, 6.45) is 2.30. The Morgan fingerprint density at radius 3 is 2.32 bits per heavy atom. The molecule has 5 rings (SSSR count). The van der Waals surface area contributed by atoms with Gasteiger partial charge in [-0.3, -0.25) is 9.69 Å². The van der Waals surface area contributed by atoms with Crippen molar-refractivity contribution < 1.29 is 24.1 Å². The lowest BCUT2D eigenvalue weighted by molar-refractivity contribution is -0.147. The molecule has 0 saturated carbocycles. The van der Waals surface area contributed by atoms with Crippen molar-refractivity contribution in [2.45, 2.75) is 70.6 Å². The van der Waals surface area contributed by atoms with Crippen LogP contribution in [0, 0.1) is 11.8 Å². The smallest absolute Gasteiger partial charge is 0.265 e. The molecule has 3 aliphatic heterocycles. The van der Waals surface area contributed by atoms with Gasteiger partial charge in [-0.2, -0.15) is 0 Å². The monoisotopic (exact) mass is 505 g/mol. The minimum absolute atomic E-state index is 0.0110. The Hall–Kier alpha value is -2.83. The van der Waals surface area contributed by atoms with E-state index in [1.165, 1.54) is 0 Å². The van der Waals surface area contributed by atoms with E-state index in [1.54, 1.807) is 14.2 Å². The third-order valence-corrected chi connectivity index (χ3v) is 9.03. The number of fused-ring (bicyclic) bond motifs is 1. The summed E-state index contributed by atoms with van der Waals surface area (Å²) in [5, 5.41) is 10.1. The Balaban J connectivity index is 1.71. The highest BCUT2D eigenvalue weighted by Gasteiger charge is 2.67. The van der Waals surface area contributed by atoms with Crippen LogP contribution < -0.4 is 14.4 Å². The fourth-order valence-electron chi connectivity index (χ4n) is 7.37. The Morgan fingerprint density at radius 1 is 1.08 bits per heavy atom. The molecule has 6 nitrogen and oxygen atoms in total. The van der Waals surface area contributed by atoms with Gasteiger partial charge < -0.3 is 19.3 Å². The number of carbonyl (C=O) groups is 1. The molecule has 2 aromatic rings. The van der Waals surface area contributed by atoms with Crippen molar-refractivity contribution in [1.29, 1.82) is 0 Å². The number of benzene rings is 2. The van der Waals surface area contributed by atoms with Crippen molar-refractivity contribution in [3.05, 3.63) is 59.2 Å². The number of hydrogen-bond donors (Lipinski definition) is 1. The van der Waals surface area contributed by atoms with Crippen LogP contribution in [0.15, 0.2) is 42.5 Å². The maximum Gasteiger partial charge on any atom is 0.265 e. The highest BCUT2D eigenvalue weighted by molar-refractivity contribution is 6.12. The summed E-state index contributed by atoms with van der Waals surface area (Å²) >= 11 is 0. The average molecular weight is 506 g/mol. The number of aliphatic hydroxyl groups excluding tert-OH is 1. The highest BCUT2D eigenvalue weighted by Crippen LogP contribution is 2.63. The lowest BCUT2D eigenvalue weighted by Crippen LogP contribution is -2.53. The fourth-order valence-corrected chi connectivity index (χ4v) is 7.37. The van der Waals surface area contributed by atoms with Gasteiger partial charge in [0.2, 0.25) is 0 Å². The van der Waals surface area contributed by atoms with E-state index in [-0.39, 0.29) is 35.9 Å². The van der Waals surface area contributed by atoms with Crippen molar-refractivity contribution in [3.63, 3.8) is 0 Å². The van der Waals surface area contributed by atoms with E-state index in [1.807, 2.05) is 29.2 Å². The predicted molar refractivity (Wildman–Crippen MR) is 145 cm³/mol. The average Bonchev–Trinajstić information content (AvgIpc) is 3.29. The second-order valence-corrected chi connectivity index (χ2v) is 11.9. The summed E-state index contributed by atoms with van der Waals surface area (Å²) in [6, 6.07) is 12.1. The van der Waals surface area contributed by atoms with Gasteiger partial charge in [0.1, 0.15) is 11.5 Å². The van der Waals surface area contributed by atoms with Gasteiger partial charge in [0.05, 0.1) is 31.5 Å². The van der Waals surface area contributed by atoms with Crippen LogP contribution in [0.1, 0.15) is 64.7 Å². The first kappa shape index (κ1) is 25.8. The highest BCUT2D eigenvalue weighted by atomic mass is 16.5. The number of carbonyl (C=O) groups excluding carboxylic acids is 1. The molecule has 1 N–H and O–H groups in total. The zero-order valence-corrected chi connectivity index (χ0v) is 23.2. The first-order valence-electron chi connectivity index (χ1n) is 13.1. The maximum atomic E-state index is 14.6. The zero-order valence-electron chi connectivity index (χ0n) is 23.2. The van der Waals surface area contributed by atoms with Gasteiger partial charge in [0.25, 0.3) is 5.91 Å². The molecule has 4 atom stereocenters. The third kappa shape index (κ3) is 3.48. The number of amides is 1. The van der Waals surface area contributed by atoms with E-state index in [9.17, 15) is 9.90 Å². The molecule has 1 spiro atoms. The zero-order chi connectivity index (χ0) is 26.9. The van der Waals surface area contributed by atoms with E-state index in [2.05, 4.69) is 59.8 Å². The first-order valence-corrected chi connectivity index (χ1v) is 13.1. The van der Waals surface area contributed by atoms with Crippen molar-refractivity contribution in [2.24, 2.45) is 11.8 Å². The van der Waals surface area contributed by atoms with Gasteiger partial charge in [-0.25, -0.2) is 0 Å². The molecule has 3 aliphatic rings. The van der Waals surface area contributed by atoms with Crippen molar-refractivity contribution in [1.82, 2.24) is 0 Å².